The molecule has 4 nitrogen and oxygen atoms in total. The summed E-state index contributed by atoms with van der Waals surface area (Å²) in [6, 6.07) is 5.77. The van der Waals surface area contributed by atoms with Gasteiger partial charge in [-0.25, -0.2) is 0 Å². The van der Waals surface area contributed by atoms with Gasteiger partial charge in [0.15, 0.2) is 0 Å². The van der Waals surface area contributed by atoms with Crippen molar-refractivity contribution in [3.63, 3.8) is 0 Å². The molecule has 0 aliphatic rings. The van der Waals surface area contributed by atoms with Crippen LogP contribution in [-0.4, -0.2) is 12.1 Å². The SMILES string of the molecule is C#[N+]c1cc(C)ccc1N[CH2-].[CH2-]Cc1ncc(C)c(OC)c1C.[Os+]. The first-order valence-electron chi connectivity index (χ1n) is 7.31. The van der Waals surface area contributed by atoms with Crippen LogP contribution >= 0.6 is 0 Å². The van der Waals surface area contributed by atoms with E-state index in [0.29, 0.717) is 6.42 Å². The molecule has 0 unspecified atom stereocenters. The number of hydrogen-bond donors (Lipinski definition) is 1. The fourth-order valence-electron chi connectivity index (χ4n) is 2.22. The second-order valence-corrected chi connectivity index (χ2v) is 5.12. The molecule has 0 saturated carbocycles. The molecule has 0 spiro atoms. The van der Waals surface area contributed by atoms with Crippen LogP contribution in [0, 0.1) is 41.3 Å². The summed E-state index contributed by atoms with van der Waals surface area (Å²) < 4.78 is 5.25. The van der Waals surface area contributed by atoms with Crippen LogP contribution in [0.5, 0.6) is 5.75 Å². The van der Waals surface area contributed by atoms with Crippen LogP contribution in [0.1, 0.15) is 22.4 Å². The Hall–Kier alpha value is -1.90. The minimum absolute atomic E-state index is 0. The zero-order valence-corrected chi connectivity index (χ0v) is 17.2. The summed E-state index contributed by atoms with van der Waals surface area (Å²) in [4.78, 5) is 7.86. The van der Waals surface area contributed by atoms with Crippen molar-refractivity contribution >= 4 is 11.4 Å². The second kappa shape index (κ2) is 10.8. The average molecular weight is 501 g/mol. The maximum Gasteiger partial charge on any atom is 1.00 e. The number of benzene rings is 1. The molecular weight excluding hydrogens is 476 g/mol. The fraction of sp³-hybridized carbons (Fsp3) is 0.263. The van der Waals surface area contributed by atoms with E-state index >= 15 is 0 Å². The Morgan fingerprint density at radius 1 is 1.29 bits per heavy atom. The number of pyridine rings is 1. The molecule has 1 aromatic heterocycles. The van der Waals surface area contributed by atoms with Gasteiger partial charge in [-0.1, -0.05) is 6.07 Å². The van der Waals surface area contributed by atoms with Gasteiger partial charge in [0.2, 0.25) is 0 Å². The number of nitrogens with zero attached hydrogens (tertiary/aromatic N) is 2. The minimum Gasteiger partial charge on any atom is -0.532 e. The molecule has 129 valence electrons. The molecule has 2 rings (SSSR count). The third kappa shape index (κ3) is 5.62. The van der Waals surface area contributed by atoms with Crippen LogP contribution in [0.3, 0.4) is 0 Å². The normalized spacial score (nSPS) is 9.04. The molecule has 0 saturated heterocycles. The number of anilines is 1. The third-order valence-electron chi connectivity index (χ3n) is 3.47. The maximum absolute atomic E-state index is 5.25. The van der Waals surface area contributed by atoms with Crippen LogP contribution in [0.4, 0.5) is 11.4 Å². The summed E-state index contributed by atoms with van der Waals surface area (Å²) in [5, 5.41) is 2.75. The largest absolute Gasteiger partial charge is 1.00 e. The first-order valence-corrected chi connectivity index (χ1v) is 7.31. The Kier molecular flexibility index (Phi) is 9.94. The van der Waals surface area contributed by atoms with E-state index in [0.717, 1.165) is 39.5 Å². The van der Waals surface area contributed by atoms with Gasteiger partial charge in [0.25, 0.3) is 6.57 Å². The topological polar surface area (TPSA) is 38.5 Å². The van der Waals surface area contributed by atoms with Crippen molar-refractivity contribution in [2.75, 3.05) is 12.4 Å². The standard InChI is InChI=1S/C10H14NO.C9H10N2.Os/c1-5-9-8(3)10(12-4)7(2)6-11-9;1-7-4-5-8(10-2)9(6-7)11-3;/h6H,1,5H2,2-4H3;3-6,10H,2H2,1H3;/q-1;;+1. The van der Waals surface area contributed by atoms with E-state index in [9.17, 15) is 0 Å². The van der Waals surface area contributed by atoms with Gasteiger partial charge in [-0.05, 0) is 37.2 Å². The summed E-state index contributed by atoms with van der Waals surface area (Å²) in [5.41, 5.74) is 5.91. The van der Waals surface area contributed by atoms with E-state index in [2.05, 4.69) is 29.1 Å². The summed E-state index contributed by atoms with van der Waals surface area (Å²) in [7, 11) is 5.21. The van der Waals surface area contributed by atoms with E-state index in [1.807, 2.05) is 45.2 Å². The van der Waals surface area contributed by atoms with E-state index in [1.165, 1.54) is 0 Å². The first-order chi connectivity index (χ1) is 11.0. The van der Waals surface area contributed by atoms with Crippen molar-refractivity contribution < 1.29 is 24.5 Å². The van der Waals surface area contributed by atoms with Crippen molar-refractivity contribution in [3.05, 3.63) is 65.6 Å². The van der Waals surface area contributed by atoms with Crippen LogP contribution < -0.4 is 10.1 Å². The molecule has 0 aliphatic carbocycles. The molecule has 0 aliphatic heterocycles. The Balaban J connectivity index is 0.000000425. The quantitative estimate of drug-likeness (QED) is 0.611. The molecule has 1 N–H and O–H groups in total. The molecule has 1 aromatic carbocycles. The first kappa shape index (κ1) is 22.1. The van der Waals surface area contributed by atoms with Gasteiger partial charge in [0, 0.05) is 29.1 Å². The van der Waals surface area contributed by atoms with Gasteiger partial charge in [-0.3, -0.25) is 12.0 Å². The number of nitrogens with one attached hydrogen (secondary N) is 1. The molecular formula is C19H24N3OOs. The predicted octanol–water partition coefficient (Wildman–Crippen LogP) is 4.87. The molecule has 0 fully saturated rings. The minimum atomic E-state index is 0. The number of ether oxygens (including phenoxy) is 1. The van der Waals surface area contributed by atoms with Crippen LogP contribution in [0.25, 0.3) is 4.85 Å². The summed E-state index contributed by atoms with van der Waals surface area (Å²) in [5.74, 6) is 0.934. The van der Waals surface area contributed by atoms with Crippen molar-refractivity contribution in [3.8, 4) is 12.3 Å². The molecule has 0 bridgehead atoms. The van der Waals surface area contributed by atoms with E-state index in [1.54, 1.807) is 7.11 Å². The summed E-state index contributed by atoms with van der Waals surface area (Å²) in [6.45, 7) is 14.9. The van der Waals surface area contributed by atoms with Gasteiger partial charge in [0.1, 0.15) is 5.75 Å². The summed E-state index contributed by atoms with van der Waals surface area (Å²) in [6.07, 6.45) is 2.54. The second-order valence-electron chi connectivity index (χ2n) is 5.12. The van der Waals surface area contributed by atoms with Gasteiger partial charge < -0.3 is 17.0 Å². The summed E-state index contributed by atoms with van der Waals surface area (Å²) >= 11 is 0. The van der Waals surface area contributed by atoms with Gasteiger partial charge in [0.05, 0.1) is 12.8 Å². The van der Waals surface area contributed by atoms with E-state index < -0.39 is 0 Å². The molecule has 24 heavy (non-hydrogen) atoms. The Morgan fingerprint density at radius 2 is 1.96 bits per heavy atom. The van der Waals surface area contributed by atoms with Crippen molar-refractivity contribution in [1.82, 2.24) is 4.98 Å². The fourth-order valence-corrected chi connectivity index (χ4v) is 2.22. The molecule has 0 amide bonds. The van der Waals surface area contributed by atoms with Crippen molar-refractivity contribution in [2.24, 2.45) is 0 Å². The molecule has 5 heteroatoms. The number of rotatable bonds is 3. The maximum atomic E-state index is 5.25. The number of methoxy groups -OCH3 is 1. The number of hydrogen-bond acceptors (Lipinski definition) is 3. The van der Waals surface area contributed by atoms with Crippen LogP contribution in [0.2, 0.25) is 0 Å². The number of aryl methyl sites for hydroxylation is 2. The van der Waals surface area contributed by atoms with Gasteiger partial charge >= 0.3 is 25.5 Å². The monoisotopic (exact) mass is 502 g/mol. The average Bonchev–Trinajstić information content (AvgIpc) is 2.56. The van der Waals surface area contributed by atoms with E-state index in [-0.39, 0.29) is 19.8 Å². The molecule has 1 heterocycles. The zero-order chi connectivity index (χ0) is 17.4. The van der Waals surface area contributed by atoms with Crippen LogP contribution in [0.15, 0.2) is 24.4 Å². The van der Waals surface area contributed by atoms with Crippen molar-refractivity contribution in [2.45, 2.75) is 27.2 Å². The molecule has 0 atom stereocenters. The Morgan fingerprint density at radius 3 is 2.46 bits per heavy atom. The molecule has 1 radical (unpaired) electrons. The van der Waals surface area contributed by atoms with Crippen LogP contribution in [-0.2, 0) is 26.2 Å². The smallest absolute Gasteiger partial charge is 0.532 e. The Labute approximate surface area is 158 Å². The van der Waals surface area contributed by atoms with Gasteiger partial charge in [-0.2, -0.15) is 0 Å². The number of aromatic nitrogens is 1. The zero-order valence-electron chi connectivity index (χ0n) is 14.7. The Bertz CT molecular complexity index is 708. The predicted molar refractivity (Wildman–Crippen MR) is 97.4 cm³/mol. The molecule has 2 aromatic rings. The van der Waals surface area contributed by atoms with Gasteiger partial charge in [-0.15, -0.1) is 6.42 Å². The van der Waals surface area contributed by atoms with E-state index in [4.69, 9.17) is 11.3 Å². The third-order valence-corrected chi connectivity index (χ3v) is 3.47. The van der Waals surface area contributed by atoms with Crippen molar-refractivity contribution in [1.29, 1.82) is 0 Å².